The van der Waals surface area contributed by atoms with E-state index in [9.17, 15) is 30.4 Å². The Morgan fingerprint density at radius 1 is 1.03 bits per heavy atom. The molecule has 0 amide bonds. The molecule has 1 heterocycles. The number of carboxylic acid groups (broad SMARTS) is 1. The van der Waals surface area contributed by atoms with Crippen molar-refractivity contribution in [2.75, 3.05) is 6.54 Å². The van der Waals surface area contributed by atoms with E-state index < -0.39 is 50.4 Å². The lowest BCUT2D eigenvalue weighted by atomic mass is 10.1. The number of hydrogen-bond donors (Lipinski definition) is 2. The van der Waals surface area contributed by atoms with Gasteiger partial charge in [-0.15, -0.1) is 0 Å². The zero-order valence-corrected chi connectivity index (χ0v) is 21.7. The Hall–Kier alpha value is -2.09. The lowest BCUT2D eigenvalue weighted by Crippen LogP contribution is -2.39. The fourth-order valence-electron chi connectivity index (χ4n) is 3.64. The fourth-order valence-corrected chi connectivity index (χ4v) is 6.77. The van der Waals surface area contributed by atoms with E-state index in [4.69, 9.17) is 28.3 Å². The summed E-state index contributed by atoms with van der Waals surface area (Å²) in [7, 11) is -8.13. The second-order valence-electron chi connectivity index (χ2n) is 8.08. The number of carbonyl (C=O) groups is 1. The molecule has 2 N–H and O–H groups in total. The third-order valence-electron chi connectivity index (χ3n) is 5.46. The quantitative estimate of drug-likeness (QED) is 0.406. The van der Waals surface area contributed by atoms with Gasteiger partial charge in [0.25, 0.3) is 0 Å². The molecule has 1 fully saturated rings. The Balaban J connectivity index is 1.84. The molecule has 0 radical (unpaired) electrons. The molecule has 196 valence electrons. The molecular formula is C22H22Cl2F2N2O6S2. The monoisotopic (exact) mass is 582 g/mol. The minimum atomic E-state index is -4.11. The van der Waals surface area contributed by atoms with Crippen molar-refractivity contribution in [1.29, 1.82) is 0 Å². The highest BCUT2D eigenvalue weighted by atomic mass is 35.5. The highest BCUT2D eigenvalue weighted by Crippen LogP contribution is 2.29. The Kier molecular flexibility index (Phi) is 8.79. The minimum Gasteiger partial charge on any atom is -0.477 e. The number of sulfonamides is 2. The first-order valence-electron chi connectivity index (χ1n) is 10.6. The average molecular weight is 583 g/mol. The predicted molar refractivity (Wildman–Crippen MR) is 130 cm³/mol. The molecule has 0 saturated carbocycles. The van der Waals surface area contributed by atoms with Crippen LogP contribution in [0.25, 0.3) is 0 Å². The van der Waals surface area contributed by atoms with Gasteiger partial charge in [-0.3, -0.25) is 0 Å². The van der Waals surface area contributed by atoms with E-state index in [1.54, 1.807) is 0 Å². The van der Waals surface area contributed by atoms with Crippen LogP contribution in [0.15, 0.2) is 70.5 Å². The second-order valence-corrected chi connectivity index (χ2v) is 12.6. The summed E-state index contributed by atoms with van der Waals surface area (Å²) in [6.07, 6.45) is 1.35. The first kappa shape index (κ1) is 28.5. The average Bonchev–Trinajstić information content (AvgIpc) is 3.20. The van der Waals surface area contributed by atoms with Gasteiger partial charge in [-0.2, -0.15) is 13.1 Å². The van der Waals surface area contributed by atoms with Crippen LogP contribution in [0.3, 0.4) is 0 Å². The number of rotatable bonds is 10. The first-order valence-corrected chi connectivity index (χ1v) is 14.2. The molecule has 36 heavy (non-hydrogen) atoms. The Morgan fingerprint density at radius 2 is 1.56 bits per heavy atom. The van der Waals surface area contributed by atoms with Crippen LogP contribution in [0.5, 0.6) is 0 Å². The Labute approximate surface area is 217 Å². The van der Waals surface area contributed by atoms with Gasteiger partial charge in [0.1, 0.15) is 0 Å². The summed E-state index contributed by atoms with van der Waals surface area (Å²) >= 11 is 11.7. The number of nitrogens with zero attached hydrogens (tertiary/aromatic N) is 1. The number of carboxylic acids is 1. The number of allylic oxidation sites excluding steroid dienone is 1. The number of nitrogens with one attached hydrogen (secondary N) is 1. The van der Waals surface area contributed by atoms with E-state index >= 15 is 0 Å². The largest absolute Gasteiger partial charge is 0.477 e. The SMILES string of the molecule is O=C(O)C(F)(F)CCC=C[C@@H]1C[C@@H](NS(=O)(=O)c2ccc(Cl)cc2)CN1S(=O)(=O)c1ccc(Cl)cc1. The third kappa shape index (κ3) is 6.81. The maximum absolute atomic E-state index is 13.4. The smallest absolute Gasteiger partial charge is 0.374 e. The molecule has 0 bridgehead atoms. The molecule has 2 aromatic carbocycles. The van der Waals surface area contributed by atoms with Gasteiger partial charge < -0.3 is 5.11 Å². The summed E-state index contributed by atoms with van der Waals surface area (Å²) in [5.74, 6) is -6.17. The van der Waals surface area contributed by atoms with Crippen molar-refractivity contribution in [1.82, 2.24) is 9.03 Å². The molecule has 8 nitrogen and oxygen atoms in total. The second kappa shape index (κ2) is 11.1. The molecule has 0 aliphatic carbocycles. The van der Waals surface area contributed by atoms with Gasteiger partial charge in [-0.25, -0.2) is 26.4 Å². The number of benzene rings is 2. The highest BCUT2D eigenvalue weighted by molar-refractivity contribution is 7.89. The van der Waals surface area contributed by atoms with Crippen LogP contribution in [0.2, 0.25) is 10.0 Å². The van der Waals surface area contributed by atoms with Crippen molar-refractivity contribution in [3.05, 3.63) is 70.7 Å². The minimum absolute atomic E-state index is 0.0193. The molecule has 1 aliphatic heterocycles. The number of hydrogen-bond acceptors (Lipinski definition) is 5. The molecule has 1 aliphatic rings. The van der Waals surface area contributed by atoms with Crippen LogP contribution in [-0.2, 0) is 24.8 Å². The molecule has 0 unspecified atom stereocenters. The maximum atomic E-state index is 13.4. The highest BCUT2D eigenvalue weighted by Gasteiger charge is 2.41. The van der Waals surface area contributed by atoms with Crippen LogP contribution >= 0.6 is 23.2 Å². The summed E-state index contributed by atoms with van der Waals surface area (Å²) in [5, 5.41) is 9.22. The molecule has 3 rings (SSSR count). The first-order chi connectivity index (χ1) is 16.7. The van der Waals surface area contributed by atoms with Crippen molar-refractivity contribution in [2.45, 2.75) is 47.1 Å². The number of alkyl halides is 2. The molecule has 2 aromatic rings. The standard InChI is InChI=1S/C22H22Cl2F2N2O6S2/c23-15-4-8-19(9-5-15)35(31,32)27-17-13-18(3-1-2-12-22(25,26)21(29)30)28(14-17)36(33,34)20-10-6-16(24)7-11-20/h1,3-11,17-18,27H,2,12-14H2,(H,29,30)/t17-,18-/m1/s1. The Bertz CT molecular complexity index is 1340. The zero-order valence-electron chi connectivity index (χ0n) is 18.5. The normalized spacial score (nSPS) is 19.7. The van der Waals surface area contributed by atoms with Crippen LogP contribution < -0.4 is 4.72 Å². The van der Waals surface area contributed by atoms with Crippen LogP contribution in [0.4, 0.5) is 8.78 Å². The molecule has 1 saturated heterocycles. The van der Waals surface area contributed by atoms with Gasteiger partial charge in [0.05, 0.1) is 9.79 Å². The molecule has 14 heteroatoms. The molecule has 2 atom stereocenters. The van der Waals surface area contributed by atoms with Crippen molar-refractivity contribution in [2.24, 2.45) is 0 Å². The van der Waals surface area contributed by atoms with Crippen molar-refractivity contribution >= 4 is 49.2 Å². The van der Waals surface area contributed by atoms with Gasteiger partial charge in [-0.05, 0) is 61.4 Å². The van der Waals surface area contributed by atoms with Crippen LogP contribution in [0, 0.1) is 0 Å². The van der Waals surface area contributed by atoms with Crippen LogP contribution in [-0.4, -0.2) is 56.8 Å². The van der Waals surface area contributed by atoms with Gasteiger partial charge in [0, 0.05) is 35.1 Å². The van der Waals surface area contributed by atoms with E-state index in [1.165, 1.54) is 60.7 Å². The zero-order chi connectivity index (χ0) is 26.7. The van der Waals surface area contributed by atoms with E-state index in [0.29, 0.717) is 10.0 Å². The van der Waals surface area contributed by atoms with E-state index in [2.05, 4.69) is 4.72 Å². The predicted octanol–water partition coefficient (Wildman–Crippen LogP) is 4.16. The fraction of sp³-hybridized carbons (Fsp3) is 0.318. The van der Waals surface area contributed by atoms with E-state index in [1.807, 2.05) is 0 Å². The summed E-state index contributed by atoms with van der Waals surface area (Å²) in [5.41, 5.74) is 0. The summed E-state index contributed by atoms with van der Waals surface area (Å²) in [6, 6.07) is 9.11. The van der Waals surface area contributed by atoms with Gasteiger partial charge in [0.15, 0.2) is 0 Å². The Morgan fingerprint density at radius 3 is 2.08 bits per heavy atom. The summed E-state index contributed by atoms with van der Waals surface area (Å²) < 4.78 is 82.5. The summed E-state index contributed by atoms with van der Waals surface area (Å²) in [4.78, 5) is 10.5. The third-order valence-corrected chi connectivity index (χ3v) is 9.40. The van der Waals surface area contributed by atoms with Crippen molar-refractivity contribution < 1.29 is 35.5 Å². The summed E-state index contributed by atoms with van der Waals surface area (Å²) in [6.45, 7) is -0.224. The topological polar surface area (TPSA) is 121 Å². The van der Waals surface area contributed by atoms with E-state index in [-0.39, 0.29) is 29.2 Å². The number of halogens is 4. The van der Waals surface area contributed by atoms with Crippen molar-refractivity contribution in [3.63, 3.8) is 0 Å². The van der Waals surface area contributed by atoms with Gasteiger partial charge in [0.2, 0.25) is 20.0 Å². The van der Waals surface area contributed by atoms with Gasteiger partial charge in [-0.1, -0.05) is 35.4 Å². The maximum Gasteiger partial charge on any atom is 0.374 e. The molecule has 0 aromatic heterocycles. The van der Waals surface area contributed by atoms with E-state index in [0.717, 1.165) is 4.31 Å². The van der Waals surface area contributed by atoms with Gasteiger partial charge >= 0.3 is 11.9 Å². The molecule has 0 spiro atoms. The number of aliphatic carboxylic acids is 1. The lowest BCUT2D eigenvalue weighted by Gasteiger charge is -2.22. The van der Waals surface area contributed by atoms with Crippen LogP contribution in [0.1, 0.15) is 19.3 Å². The lowest BCUT2D eigenvalue weighted by molar-refractivity contribution is -0.165. The molecular weight excluding hydrogens is 561 g/mol. The van der Waals surface area contributed by atoms with Crippen molar-refractivity contribution in [3.8, 4) is 0 Å².